The lowest BCUT2D eigenvalue weighted by Crippen LogP contribution is -2.35. The SMILES string of the molecule is O=C(Nc1cc(F)ccc1Cl)N1CCC[C@H]1c1nnc2n1CCCCC2. The van der Waals surface area contributed by atoms with Crippen LogP contribution in [0.2, 0.25) is 5.02 Å². The average Bonchev–Trinajstić information content (AvgIpc) is 3.19. The van der Waals surface area contributed by atoms with Crippen molar-refractivity contribution < 1.29 is 9.18 Å². The summed E-state index contributed by atoms with van der Waals surface area (Å²) in [5, 5.41) is 11.8. The summed E-state index contributed by atoms with van der Waals surface area (Å²) >= 11 is 6.07. The van der Waals surface area contributed by atoms with E-state index in [0.717, 1.165) is 50.3 Å². The molecule has 1 aromatic heterocycles. The fourth-order valence-corrected chi connectivity index (χ4v) is 3.98. The van der Waals surface area contributed by atoms with Crippen molar-refractivity contribution in [3.8, 4) is 0 Å². The molecule has 0 spiro atoms. The van der Waals surface area contributed by atoms with Crippen molar-refractivity contribution in [3.63, 3.8) is 0 Å². The Kier molecular flexibility index (Phi) is 4.80. The zero-order valence-electron chi connectivity index (χ0n) is 14.4. The predicted octanol–water partition coefficient (Wildman–Crippen LogP) is 4.17. The summed E-state index contributed by atoms with van der Waals surface area (Å²) < 4.78 is 15.6. The number of nitrogens with zero attached hydrogens (tertiary/aromatic N) is 4. The van der Waals surface area contributed by atoms with E-state index in [2.05, 4.69) is 20.1 Å². The maximum Gasteiger partial charge on any atom is 0.322 e. The van der Waals surface area contributed by atoms with Crippen molar-refractivity contribution in [1.29, 1.82) is 0 Å². The second-order valence-corrected chi connectivity index (χ2v) is 7.25. The van der Waals surface area contributed by atoms with Gasteiger partial charge in [0.1, 0.15) is 11.6 Å². The molecular formula is C18H21ClFN5O. The van der Waals surface area contributed by atoms with E-state index < -0.39 is 5.82 Å². The zero-order valence-corrected chi connectivity index (χ0v) is 15.2. The first kappa shape index (κ1) is 17.3. The van der Waals surface area contributed by atoms with E-state index in [1.54, 1.807) is 4.90 Å². The van der Waals surface area contributed by atoms with E-state index in [1.807, 2.05) is 0 Å². The monoisotopic (exact) mass is 377 g/mol. The van der Waals surface area contributed by atoms with Gasteiger partial charge in [-0.15, -0.1) is 10.2 Å². The number of nitrogens with one attached hydrogen (secondary N) is 1. The van der Waals surface area contributed by atoms with Crippen LogP contribution in [0.25, 0.3) is 0 Å². The normalized spacial score (nSPS) is 19.9. The fourth-order valence-electron chi connectivity index (χ4n) is 3.81. The highest BCUT2D eigenvalue weighted by atomic mass is 35.5. The number of fused-ring (bicyclic) bond motifs is 1. The van der Waals surface area contributed by atoms with Crippen LogP contribution in [0.5, 0.6) is 0 Å². The minimum Gasteiger partial charge on any atom is -0.314 e. The molecule has 8 heteroatoms. The van der Waals surface area contributed by atoms with Crippen molar-refractivity contribution in [1.82, 2.24) is 19.7 Å². The Hall–Kier alpha value is -2.15. The maximum atomic E-state index is 13.5. The third-order valence-corrected chi connectivity index (χ3v) is 5.45. The Morgan fingerprint density at radius 3 is 2.96 bits per heavy atom. The molecule has 2 aliphatic heterocycles. The molecule has 0 saturated carbocycles. The molecule has 1 N–H and O–H groups in total. The van der Waals surface area contributed by atoms with Crippen molar-refractivity contribution in [2.45, 2.75) is 51.1 Å². The van der Waals surface area contributed by atoms with E-state index in [-0.39, 0.29) is 17.8 Å². The number of urea groups is 1. The number of hydrogen-bond acceptors (Lipinski definition) is 3. The summed E-state index contributed by atoms with van der Waals surface area (Å²) in [5.41, 5.74) is 0.280. The first-order valence-corrected chi connectivity index (χ1v) is 9.46. The Morgan fingerprint density at radius 1 is 1.19 bits per heavy atom. The molecule has 6 nitrogen and oxygen atoms in total. The van der Waals surface area contributed by atoms with Crippen LogP contribution in [0, 0.1) is 5.82 Å². The molecule has 2 amide bonds. The second-order valence-electron chi connectivity index (χ2n) is 6.84. The molecule has 0 unspecified atom stereocenters. The minimum atomic E-state index is -0.439. The van der Waals surface area contributed by atoms with Gasteiger partial charge >= 0.3 is 6.03 Å². The lowest BCUT2D eigenvalue weighted by Gasteiger charge is -2.25. The summed E-state index contributed by atoms with van der Waals surface area (Å²) in [6.45, 7) is 1.53. The van der Waals surface area contributed by atoms with Crippen LogP contribution in [-0.2, 0) is 13.0 Å². The number of carbonyl (C=O) groups excluding carboxylic acids is 1. The van der Waals surface area contributed by atoms with E-state index >= 15 is 0 Å². The molecule has 1 aromatic carbocycles. The lowest BCUT2D eigenvalue weighted by molar-refractivity contribution is 0.203. The lowest BCUT2D eigenvalue weighted by atomic mass is 10.2. The van der Waals surface area contributed by atoms with Gasteiger partial charge in [0.15, 0.2) is 5.82 Å². The van der Waals surface area contributed by atoms with Crippen LogP contribution in [-0.4, -0.2) is 32.2 Å². The van der Waals surface area contributed by atoms with Crippen LogP contribution in [0.4, 0.5) is 14.9 Å². The molecule has 1 atom stereocenters. The standard InChI is InChI=1S/C18H21ClFN5O/c19-13-8-7-12(20)11-14(13)21-18(26)24-10-4-5-15(24)17-23-22-16-6-2-1-3-9-25(16)17/h7-8,11,15H,1-6,9-10H2,(H,21,26)/t15-/m0/s1. The van der Waals surface area contributed by atoms with Crippen molar-refractivity contribution >= 4 is 23.3 Å². The van der Waals surface area contributed by atoms with E-state index in [1.165, 1.54) is 24.6 Å². The van der Waals surface area contributed by atoms with Crippen LogP contribution in [0.15, 0.2) is 18.2 Å². The van der Waals surface area contributed by atoms with Crippen LogP contribution in [0.3, 0.4) is 0 Å². The quantitative estimate of drug-likeness (QED) is 0.854. The first-order valence-electron chi connectivity index (χ1n) is 9.08. The number of carbonyl (C=O) groups is 1. The first-order chi connectivity index (χ1) is 12.6. The molecule has 0 bridgehead atoms. The van der Waals surface area contributed by atoms with Gasteiger partial charge in [0.05, 0.1) is 16.8 Å². The Labute approximate surface area is 156 Å². The molecule has 4 rings (SSSR count). The highest BCUT2D eigenvalue weighted by Gasteiger charge is 2.34. The van der Waals surface area contributed by atoms with Gasteiger partial charge in [-0.3, -0.25) is 0 Å². The molecule has 0 radical (unpaired) electrons. The van der Waals surface area contributed by atoms with E-state index in [9.17, 15) is 9.18 Å². The average molecular weight is 378 g/mol. The molecular weight excluding hydrogens is 357 g/mol. The van der Waals surface area contributed by atoms with Gasteiger partial charge in [-0.1, -0.05) is 18.0 Å². The zero-order chi connectivity index (χ0) is 18.1. The highest BCUT2D eigenvalue weighted by Crippen LogP contribution is 2.33. The number of rotatable bonds is 2. The molecule has 138 valence electrons. The number of amides is 2. The summed E-state index contributed by atoms with van der Waals surface area (Å²) in [6.07, 6.45) is 6.11. The summed E-state index contributed by atoms with van der Waals surface area (Å²) in [5.74, 6) is 1.43. The van der Waals surface area contributed by atoms with Crippen molar-refractivity contribution in [2.24, 2.45) is 0 Å². The molecule has 1 fully saturated rings. The molecule has 2 aromatic rings. The maximum absolute atomic E-state index is 13.5. The van der Waals surface area contributed by atoms with E-state index in [0.29, 0.717) is 11.6 Å². The van der Waals surface area contributed by atoms with Gasteiger partial charge in [0.2, 0.25) is 0 Å². The Balaban J connectivity index is 1.56. The highest BCUT2D eigenvalue weighted by molar-refractivity contribution is 6.33. The molecule has 0 aliphatic carbocycles. The molecule has 1 saturated heterocycles. The summed E-state index contributed by atoms with van der Waals surface area (Å²) in [6, 6.07) is 3.54. The van der Waals surface area contributed by atoms with Gasteiger partial charge in [-0.25, -0.2) is 9.18 Å². The number of likely N-dealkylation sites (tertiary alicyclic amines) is 1. The van der Waals surface area contributed by atoms with Gasteiger partial charge in [0.25, 0.3) is 0 Å². The third kappa shape index (κ3) is 3.28. The number of anilines is 1. The van der Waals surface area contributed by atoms with Gasteiger partial charge in [-0.05, 0) is 43.9 Å². The van der Waals surface area contributed by atoms with Crippen molar-refractivity contribution in [3.05, 3.63) is 40.7 Å². The number of aromatic nitrogens is 3. The molecule has 3 heterocycles. The second kappa shape index (κ2) is 7.23. The van der Waals surface area contributed by atoms with E-state index in [4.69, 9.17) is 11.6 Å². The summed E-state index contributed by atoms with van der Waals surface area (Å²) in [4.78, 5) is 14.5. The number of benzene rings is 1. The number of hydrogen-bond donors (Lipinski definition) is 1. The number of halogens is 2. The Morgan fingerprint density at radius 2 is 2.08 bits per heavy atom. The smallest absolute Gasteiger partial charge is 0.314 e. The van der Waals surface area contributed by atoms with Crippen LogP contribution < -0.4 is 5.32 Å². The Bertz CT molecular complexity index is 824. The third-order valence-electron chi connectivity index (χ3n) is 5.12. The van der Waals surface area contributed by atoms with Crippen LogP contribution >= 0.6 is 11.6 Å². The molecule has 26 heavy (non-hydrogen) atoms. The van der Waals surface area contributed by atoms with Crippen molar-refractivity contribution in [2.75, 3.05) is 11.9 Å². The van der Waals surface area contributed by atoms with Gasteiger partial charge in [-0.2, -0.15) is 0 Å². The number of aryl methyl sites for hydroxylation is 1. The minimum absolute atomic E-state index is 0.110. The largest absolute Gasteiger partial charge is 0.322 e. The molecule has 2 aliphatic rings. The topological polar surface area (TPSA) is 63.1 Å². The van der Waals surface area contributed by atoms with Gasteiger partial charge < -0.3 is 14.8 Å². The van der Waals surface area contributed by atoms with Gasteiger partial charge in [0, 0.05) is 19.5 Å². The van der Waals surface area contributed by atoms with Crippen LogP contribution in [0.1, 0.15) is 49.8 Å². The predicted molar refractivity (Wildman–Crippen MR) is 96.7 cm³/mol. The fraction of sp³-hybridized carbons (Fsp3) is 0.500. The summed E-state index contributed by atoms with van der Waals surface area (Å²) in [7, 11) is 0.